The molecule has 0 aliphatic heterocycles. The predicted molar refractivity (Wildman–Crippen MR) is 76.3 cm³/mol. The van der Waals surface area contributed by atoms with Gasteiger partial charge in [0.15, 0.2) is 0 Å². The van der Waals surface area contributed by atoms with Gasteiger partial charge >= 0.3 is 0 Å². The van der Waals surface area contributed by atoms with Crippen LogP contribution in [0.2, 0.25) is 0 Å². The number of aryl methyl sites for hydroxylation is 1. The Kier molecular flexibility index (Phi) is 7.49. The van der Waals surface area contributed by atoms with Crippen molar-refractivity contribution in [1.29, 1.82) is 0 Å². The van der Waals surface area contributed by atoms with Crippen molar-refractivity contribution in [1.82, 2.24) is 5.32 Å². The summed E-state index contributed by atoms with van der Waals surface area (Å²) in [6.07, 6.45) is 3.61. The van der Waals surface area contributed by atoms with E-state index in [1.165, 1.54) is 28.4 Å². The van der Waals surface area contributed by atoms with Gasteiger partial charge in [-0.1, -0.05) is 28.1 Å². The zero-order chi connectivity index (χ0) is 12.5. The van der Waals surface area contributed by atoms with Crippen molar-refractivity contribution in [2.75, 3.05) is 20.3 Å². The van der Waals surface area contributed by atoms with Crippen LogP contribution >= 0.6 is 15.9 Å². The summed E-state index contributed by atoms with van der Waals surface area (Å²) in [5.74, 6) is 0. The Balaban J connectivity index is 2.14. The Bertz CT molecular complexity index is 328. The molecule has 0 radical (unpaired) electrons. The van der Waals surface area contributed by atoms with Crippen LogP contribution in [-0.4, -0.2) is 20.3 Å². The van der Waals surface area contributed by atoms with Gasteiger partial charge in [0.05, 0.1) is 0 Å². The zero-order valence-electron chi connectivity index (χ0n) is 10.8. The monoisotopic (exact) mass is 299 g/mol. The van der Waals surface area contributed by atoms with E-state index in [9.17, 15) is 0 Å². The molecule has 17 heavy (non-hydrogen) atoms. The smallest absolute Gasteiger partial charge is 0.0462 e. The van der Waals surface area contributed by atoms with E-state index in [2.05, 4.69) is 46.4 Å². The molecule has 0 saturated heterocycles. The molecule has 1 rings (SSSR count). The first kappa shape index (κ1) is 14.7. The molecule has 1 aromatic carbocycles. The van der Waals surface area contributed by atoms with Crippen LogP contribution in [0.4, 0.5) is 0 Å². The van der Waals surface area contributed by atoms with Gasteiger partial charge in [-0.3, -0.25) is 0 Å². The summed E-state index contributed by atoms with van der Waals surface area (Å²) in [6, 6.07) is 6.49. The Morgan fingerprint density at radius 3 is 2.76 bits per heavy atom. The molecule has 0 bridgehead atoms. The molecule has 1 aromatic rings. The maximum Gasteiger partial charge on any atom is 0.0462 e. The number of nitrogens with one attached hydrogen (secondary N) is 1. The largest absolute Gasteiger partial charge is 0.385 e. The van der Waals surface area contributed by atoms with E-state index < -0.39 is 0 Å². The molecule has 0 saturated carbocycles. The van der Waals surface area contributed by atoms with E-state index in [0.29, 0.717) is 0 Å². The van der Waals surface area contributed by atoms with E-state index in [1.807, 2.05) is 0 Å². The van der Waals surface area contributed by atoms with Crippen molar-refractivity contribution in [2.45, 2.75) is 32.7 Å². The highest BCUT2D eigenvalue weighted by atomic mass is 79.9. The predicted octanol–water partition coefficient (Wildman–Crippen LogP) is 3.66. The highest BCUT2D eigenvalue weighted by Gasteiger charge is 1.99. The fourth-order valence-corrected chi connectivity index (χ4v) is 2.33. The lowest BCUT2D eigenvalue weighted by Crippen LogP contribution is -2.15. The molecule has 96 valence electrons. The first-order chi connectivity index (χ1) is 8.24. The van der Waals surface area contributed by atoms with Gasteiger partial charge in [0.2, 0.25) is 0 Å². The van der Waals surface area contributed by atoms with Gasteiger partial charge in [-0.15, -0.1) is 0 Å². The Hall–Kier alpha value is -0.380. The van der Waals surface area contributed by atoms with Crippen LogP contribution in [-0.2, 0) is 11.3 Å². The van der Waals surface area contributed by atoms with Crippen LogP contribution in [0.5, 0.6) is 0 Å². The molecule has 0 atom stereocenters. The number of halogens is 1. The van der Waals surface area contributed by atoms with Crippen molar-refractivity contribution < 1.29 is 4.74 Å². The first-order valence-corrected chi connectivity index (χ1v) is 6.98. The van der Waals surface area contributed by atoms with Gasteiger partial charge in [-0.05, 0) is 49.9 Å². The van der Waals surface area contributed by atoms with E-state index in [-0.39, 0.29) is 0 Å². The Labute approximate surface area is 113 Å². The van der Waals surface area contributed by atoms with E-state index in [1.54, 1.807) is 7.11 Å². The normalized spacial score (nSPS) is 10.8. The molecule has 0 unspecified atom stereocenters. The number of hydrogen-bond acceptors (Lipinski definition) is 2. The zero-order valence-corrected chi connectivity index (χ0v) is 12.3. The summed E-state index contributed by atoms with van der Waals surface area (Å²) in [5.41, 5.74) is 2.62. The maximum atomic E-state index is 5.02. The molecule has 2 nitrogen and oxygen atoms in total. The molecular formula is C14H22BrNO. The van der Waals surface area contributed by atoms with Gasteiger partial charge in [-0.25, -0.2) is 0 Å². The molecule has 0 amide bonds. The number of benzene rings is 1. The van der Waals surface area contributed by atoms with Crippen molar-refractivity contribution in [3.05, 3.63) is 33.8 Å². The van der Waals surface area contributed by atoms with E-state index in [0.717, 1.165) is 26.1 Å². The lowest BCUT2D eigenvalue weighted by atomic mass is 10.1. The number of unbranched alkanes of at least 4 members (excludes halogenated alkanes) is 2. The van der Waals surface area contributed by atoms with Crippen molar-refractivity contribution in [3.8, 4) is 0 Å². The summed E-state index contributed by atoms with van der Waals surface area (Å²) in [5, 5.41) is 3.47. The minimum atomic E-state index is 0.878. The average Bonchev–Trinajstić information content (AvgIpc) is 2.30. The maximum absolute atomic E-state index is 5.02. The first-order valence-electron chi connectivity index (χ1n) is 6.18. The lowest BCUT2D eigenvalue weighted by molar-refractivity contribution is 0.192. The van der Waals surface area contributed by atoms with Crippen LogP contribution in [0.1, 0.15) is 30.4 Å². The summed E-state index contributed by atoms with van der Waals surface area (Å²) >= 11 is 3.59. The highest BCUT2D eigenvalue weighted by molar-refractivity contribution is 9.10. The van der Waals surface area contributed by atoms with Gasteiger partial charge in [-0.2, -0.15) is 0 Å². The topological polar surface area (TPSA) is 21.3 Å². The summed E-state index contributed by atoms with van der Waals surface area (Å²) < 4.78 is 6.22. The summed E-state index contributed by atoms with van der Waals surface area (Å²) in [4.78, 5) is 0. The minimum Gasteiger partial charge on any atom is -0.385 e. The van der Waals surface area contributed by atoms with Crippen LogP contribution in [0.3, 0.4) is 0 Å². The molecule has 3 heteroatoms. The molecular weight excluding hydrogens is 278 g/mol. The second kappa shape index (κ2) is 8.67. The molecule has 1 N–H and O–H groups in total. The fourth-order valence-electron chi connectivity index (χ4n) is 1.69. The molecule has 0 spiro atoms. The fraction of sp³-hybridized carbons (Fsp3) is 0.571. The molecule has 0 aromatic heterocycles. The van der Waals surface area contributed by atoms with E-state index in [4.69, 9.17) is 4.74 Å². The Morgan fingerprint density at radius 1 is 1.24 bits per heavy atom. The third kappa shape index (κ3) is 6.20. The van der Waals surface area contributed by atoms with Crippen LogP contribution in [0.15, 0.2) is 22.7 Å². The van der Waals surface area contributed by atoms with Gasteiger partial charge in [0, 0.05) is 24.7 Å². The molecule has 0 fully saturated rings. The van der Waals surface area contributed by atoms with Gasteiger partial charge in [0.1, 0.15) is 0 Å². The number of rotatable bonds is 8. The second-order valence-electron chi connectivity index (χ2n) is 4.33. The van der Waals surface area contributed by atoms with Crippen molar-refractivity contribution in [2.24, 2.45) is 0 Å². The highest BCUT2D eigenvalue weighted by Crippen LogP contribution is 2.17. The van der Waals surface area contributed by atoms with Crippen LogP contribution < -0.4 is 5.32 Å². The number of methoxy groups -OCH3 is 1. The van der Waals surface area contributed by atoms with Crippen molar-refractivity contribution >= 4 is 15.9 Å². The minimum absolute atomic E-state index is 0.878. The SMILES string of the molecule is COCCCCCNCc1ccc(C)cc1Br. The third-order valence-electron chi connectivity index (χ3n) is 2.73. The summed E-state index contributed by atoms with van der Waals surface area (Å²) in [6.45, 7) is 5.00. The second-order valence-corrected chi connectivity index (χ2v) is 5.18. The number of ether oxygens (including phenoxy) is 1. The quantitative estimate of drug-likeness (QED) is 0.740. The van der Waals surface area contributed by atoms with Gasteiger partial charge < -0.3 is 10.1 Å². The standard InChI is InChI=1S/C14H22BrNO/c1-12-6-7-13(14(15)10-12)11-16-8-4-3-5-9-17-2/h6-7,10,16H,3-5,8-9,11H2,1-2H3. The van der Waals surface area contributed by atoms with Gasteiger partial charge in [0.25, 0.3) is 0 Å². The molecule has 0 heterocycles. The van der Waals surface area contributed by atoms with Crippen LogP contribution in [0, 0.1) is 6.92 Å². The van der Waals surface area contributed by atoms with E-state index >= 15 is 0 Å². The summed E-state index contributed by atoms with van der Waals surface area (Å²) in [7, 11) is 1.76. The lowest BCUT2D eigenvalue weighted by Gasteiger charge is -2.07. The Morgan fingerprint density at radius 2 is 2.06 bits per heavy atom. The average molecular weight is 300 g/mol. The molecule has 0 aliphatic rings. The third-order valence-corrected chi connectivity index (χ3v) is 3.46. The van der Waals surface area contributed by atoms with Crippen molar-refractivity contribution in [3.63, 3.8) is 0 Å². The molecule has 0 aliphatic carbocycles. The van der Waals surface area contributed by atoms with Crippen LogP contribution in [0.25, 0.3) is 0 Å². The number of hydrogen-bond donors (Lipinski definition) is 1.